The molecule has 0 aliphatic rings. The molecule has 0 bridgehead atoms. The predicted octanol–water partition coefficient (Wildman–Crippen LogP) is 5.28. The van der Waals surface area contributed by atoms with Gasteiger partial charge in [0.25, 0.3) is 0 Å². The quantitative estimate of drug-likeness (QED) is 0.579. The minimum atomic E-state index is -0.450. The summed E-state index contributed by atoms with van der Waals surface area (Å²) in [6, 6.07) is 16.0. The third kappa shape index (κ3) is 2.38. The predicted molar refractivity (Wildman–Crippen MR) is 86.2 cm³/mol. The molecule has 0 amide bonds. The van der Waals surface area contributed by atoms with Crippen molar-refractivity contribution < 1.29 is 9.18 Å². The average Bonchev–Trinajstić information content (AvgIpc) is 2.50. The van der Waals surface area contributed by atoms with Crippen LogP contribution in [0.5, 0.6) is 0 Å². The maximum absolute atomic E-state index is 14.2. The lowest BCUT2D eigenvalue weighted by atomic mass is 9.96. The van der Waals surface area contributed by atoms with Crippen molar-refractivity contribution >= 4 is 32.5 Å². The van der Waals surface area contributed by atoms with Gasteiger partial charge in [-0.2, -0.15) is 0 Å². The van der Waals surface area contributed by atoms with Crippen molar-refractivity contribution in [3.8, 4) is 0 Å². The van der Waals surface area contributed by atoms with Crippen molar-refractivity contribution in [1.29, 1.82) is 0 Å². The first kappa shape index (κ1) is 14.0. The van der Waals surface area contributed by atoms with Crippen LogP contribution >= 0.6 is 15.9 Å². The van der Waals surface area contributed by atoms with Crippen molar-refractivity contribution in [3.63, 3.8) is 0 Å². The summed E-state index contributed by atoms with van der Waals surface area (Å²) in [5, 5.41) is 1.76. The van der Waals surface area contributed by atoms with E-state index >= 15 is 0 Å². The standard InChI is InChI=1S/C18H12BrFO/c1-11-5-4-8-15(17(11)20)18(21)14-9-10-16(19)13-7-3-2-6-12(13)14/h2-10H,1H3. The summed E-state index contributed by atoms with van der Waals surface area (Å²) >= 11 is 3.48. The summed E-state index contributed by atoms with van der Waals surface area (Å²) in [6.07, 6.45) is 0. The maximum atomic E-state index is 14.2. The van der Waals surface area contributed by atoms with Gasteiger partial charge in [0.1, 0.15) is 5.82 Å². The average molecular weight is 343 g/mol. The molecule has 1 nitrogen and oxygen atoms in total. The highest BCUT2D eigenvalue weighted by atomic mass is 79.9. The van der Waals surface area contributed by atoms with Gasteiger partial charge in [-0.15, -0.1) is 0 Å². The summed E-state index contributed by atoms with van der Waals surface area (Å²) in [7, 11) is 0. The monoisotopic (exact) mass is 342 g/mol. The number of carbonyl (C=O) groups is 1. The molecule has 0 aromatic heterocycles. The van der Waals surface area contributed by atoms with Crippen LogP contribution in [0.4, 0.5) is 4.39 Å². The van der Waals surface area contributed by atoms with Gasteiger partial charge in [0, 0.05) is 10.0 Å². The minimum Gasteiger partial charge on any atom is -0.288 e. The van der Waals surface area contributed by atoms with E-state index in [1.54, 1.807) is 25.1 Å². The van der Waals surface area contributed by atoms with Gasteiger partial charge in [0.15, 0.2) is 5.78 Å². The van der Waals surface area contributed by atoms with E-state index in [1.807, 2.05) is 30.3 Å². The molecular formula is C18H12BrFO. The van der Waals surface area contributed by atoms with Crippen LogP contribution in [0.3, 0.4) is 0 Å². The lowest BCUT2D eigenvalue weighted by Gasteiger charge is -2.09. The molecule has 3 rings (SSSR count). The summed E-state index contributed by atoms with van der Waals surface area (Å²) in [5.74, 6) is -0.741. The second kappa shape index (κ2) is 5.41. The van der Waals surface area contributed by atoms with Crippen LogP contribution in [0.15, 0.2) is 59.1 Å². The number of ketones is 1. The Labute approximate surface area is 130 Å². The second-order valence-corrected chi connectivity index (χ2v) is 5.76. The fraction of sp³-hybridized carbons (Fsp3) is 0.0556. The molecule has 0 aliphatic carbocycles. The third-order valence-corrected chi connectivity index (χ3v) is 4.24. The number of fused-ring (bicyclic) bond motifs is 1. The smallest absolute Gasteiger partial charge is 0.196 e. The van der Waals surface area contributed by atoms with E-state index < -0.39 is 5.82 Å². The minimum absolute atomic E-state index is 0.113. The first-order valence-corrected chi connectivity index (χ1v) is 7.36. The molecule has 3 aromatic rings. The molecule has 0 atom stereocenters. The van der Waals surface area contributed by atoms with Crippen molar-refractivity contribution in [2.75, 3.05) is 0 Å². The Morgan fingerprint density at radius 3 is 2.38 bits per heavy atom. The van der Waals surface area contributed by atoms with Crippen LogP contribution in [0.2, 0.25) is 0 Å². The summed E-state index contributed by atoms with van der Waals surface area (Å²) in [5.41, 5.74) is 1.10. The number of hydrogen-bond acceptors (Lipinski definition) is 1. The van der Waals surface area contributed by atoms with Gasteiger partial charge < -0.3 is 0 Å². The van der Waals surface area contributed by atoms with Crippen LogP contribution in [0, 0.1) is 12.7 Å². The molecule has 104 valence electrons. The number of halogens is 2. The Hall–Kier alpha value is -2.00. The van der Waals surface area contributed by atoms with Crippen LogP contribution in [-0.4, -0.2) is 5.78 Å². The summed E-state index contributed by atoms with van der Waals surface area (Å²) in [4.78, 5) is 12.7. The van der Waals surface area contributed by atoms with E-state index in [-0.39, 0.29) is 11.3 Å². The van der Waals surface area contributed by atoms with Gasteiger partial charge in [-0.1, -0.05) is 52.3 Å². The van der Waals surface area contributed by atoms with Crippen molar-refractivity contribution in [3.05, 3.63) is 81.6 Å². The Morgan fingerprint density at radius 1 is 0.905 bits per heavy atom. The Balaban J connectivity index is 2.23. The largest absolute Gasteiger partial charge is 0.288 e. The zero-order chi connectivity index (χ0) is 15.0. The highest BCUT2D eigenvalue weighted by Gasteiger charge is 2.17. The fourth-order valence-electron chi connectivity index (χ4n) is 2.43. The second-order valence-electron chi connectivity index (χ2n) is 4.91. The van der Waals surface area contributed by atoms with Crippen LogP contribution < -0.4 is 0 Å². The highest BCUT2D eigenvalue weighted by Crippen LogP contribution is 2.29. The normalized spacial score (nSPS) is 10.8. The number of hydrogen-bond donors (Lipinski definition) is 0. The van der Waals surface area contributed by atoms with Crippen molar-refractivity contribution in [2.45, 2.75) is 6.92 Å². The molecule has 0 radical (unpaired) electrons. The van der Waals surface area contributed by atoms with E-state index in [1.165, 1.54) is 6.07 Å². The number of benzene rings is 3. The van der Waals surface area contributed by atoms with Crippen LogP contribution in [0.1, 0.15) is 21.5 Å². The van der Waals surface area contributed by atoms with E-state index in [2.05, 4.69) is 15.9 Å². The lowest BCUT2D eigenvalue weighted by molar-refractivity contribution is 0.103. The summed E-state index contributed by atoms with van der Waals surface area (Å²) in [6.45, 7) is 1.66. The summed E-state index contributed by atoms with van der Waals surface area (Å²) < 4.78 is 15.1. The van der Waals surface area contributed by atoms with Gasteiger partial charge in [0.2, 0.25) is 0 Å². The van der Waals surface area contributed by atoms with Gasteiger partial charge in [-0.3, -0.25) is 4.79 Å². The van der Waals surface area contributed by atoms with Gasteiger partial charge in [0.05, 0.1) is 5.56 Å². The molecule has 0 saturated carbocycles. The number of aryl methyl sites for hydroxylation is 1. The third-order valence-electron chi connectivity index (χ3n) is 3.55. The first-order valence-electron chi connectivity index (χ1n) is 6.56. The van der Waals surface area contributed by atoms with Crippen molar-refractivity contribution in [1.82, 2.24) is 0 Å². The Morgan fingerprint density at radius 2 is 1.62 bits per heavy atom. The fourth-order valence-corrected chi connectivity index (χ4v) is 2.91. The molecular weight excluding hydrogens is 331 g/mol. The molecule has 0 spiro atoms. The molecule has 0 unspecified atom stereocenters. The van der Waals surface area contributed by atoms with Gasteiger partial charge in [-0.25, -0.2) is 4.39 Å². The Kier molecular flexibility index (Phi) is 3.60. The van der Waals surface area contributed by atoms with Gasteiger partial charge in [-0.05, 0) is 41.5 Å². The molecule has 0 aliphatic heterocycles. The van der Waals surface area contributed by atoms with E-state index in [9.17, 15) is 9.18 Å². The Bertz CT molecular complexity index is 855. The van der Waals surface area contributed by atoms with E-state index in [0.717, 1.165) is 15.2 Å². The molecule has 0 fully saturated rings. The van der Waals surface area contributed by atoms with E-state index in [4.69, 9.17) is 0 Å². The molecule has 21 heavy (non-hydrogen) atoms. The topological polar surface area (TPSA) is 17.1 Å². The SMILES string of the molecule is Cc1cccc(C(=O)c2ccc(Br)c3ccccc23)c1F. The number of carbonyl (C=O) groups excluding carboxylic acids is 1. The zero-order valence-corrected chi connectivity index (χ0v) is 12.9. The molecule has 3 heteroatoms. The van der Waals surface area contributed by atoms with Gasteiger partial charge >= 0.3 is 0 Å². The highest BCUT2D eigenvalue weighted by molar-refractivity contribution is 9.10. The molecule has 0 saturated heterocycles. The number of rotatable bonds is 2. The van der Waals surface area contributed by atoms with Crippen LogP contribution in [-0.2, 0) is 0 Å². The first-order chi connectivity index (χ1) is 10.1. The van der Waals surface area contributed by atoms with E-state index in [0.29, 0.717) is 11.1 Å². The molecule has 0 N–H and O–H groups in total. The lowest BCUT2D eigenvalue weighted by Crippen LogP contribution is -2.06. The molecule has 0 heterocycles. The van der Waals surface area contributed by atoms with Crippen LogP contribution in [0.25, 0.3) is 10.8 Å². The zero-order valence-electron chi connectivity index (χ0n) is 11.4. The van der Waals surface area contributed by atoms with Crippen molar-refractivity contribution in [2.24, 2.45) is 0 Å². The maximum Gasteiger partial charge on any atom is 0.196 e. The molecule has 3 aromatic carbocycles.